The van der Waals surface area contributed by atoms with Crippen LogP contribution in [-0.2, 0) is 35.2 Å². The van der Waals surface area contributed by atoms with Crippen LogP contribution in [0.25, 0.3) is 10.9 Å². The molecule has 37 heavy (non-hydrogen) atoms. The molecular formula is C22H29N7O7S. The first kappa shape index (κ1) is 29.1. The van der Waals surface area contributed by atoms with Gasteiger partial charge in [-0.1, -0.05) is 18.2 Å². The number of rotatable bonds is 14. The first-order valence-corrected chi connectivity index (χ1v) is 11.7. The first-order chi connectivity index (χ1) is 17.4. The van der Waals surface area contributed by atoms with Gasteiger partial charge in [-0.15, -0.1) is 0 Å². The summed E-state index contributed by atoms with van der Waals surface area (Å²) < 4.78 is 0. The van der Waals surface area contributed by atoms with Crippen molar-refractivity contribution in [2.24, 2.45) is 17.2 Å². The Labute approximate surface area is 216 Å². The van der Waals surface area contributed by atoms with E-state index in [1.807, 2.05) is 29.6 Å². The van der Waals surface area contributed by atoms with Crippen LogP contribution < -0.4 is 33.2 Å². The Hall–Kier alpha value is -4.11. The van der Waals surface area contributed by atoms with E-state index in [4.69, 9.17) is 17.2 Å². The number of nitrogens with one attached hydrogen (secondary N) is 4. The van der Waals surface area contributed by atoms with Gasteiger partial charge >= 0.3 is 5.97 Å². The molecule has 0 saturated heterocycles. The number of hydrogen-bond donors (Lipinski definition) is 9. The quantitative estimate of drug-likeness (QED) is 0.114. The van der Waals surface area contributed by atoms with Crippen LogP contribution in [0.3, 0.4) is 0 Å². The van der Waals surface area contributed by atoms with E-state index in [2.05, 4.69) is 28.2 Å². The maximum absolute atomic E-state index is 12.8. The van der Waals surface area contributed by atoms with E-state index < -0.39 is 72.5 Å². The number of carbonyl (C=O) groups is 6. The summed E-state index contributed by atoms with van der Waals surface area (Å²) in [6.45, 7) is 0. The molecule has 1 aromatic carbocycles. The lowest BCUT2D eigenvalue weighted by Crippen LogP contribution is -2.58. The molecule has 0 fully saturated rings. The topological polar surface area (TPSA) is 253 Å². The second kappa shape index (κ2) is 13.3. The Balaban J connectivity index is 2.05. The number of para-hydroxylation sites is 1. The lowest BCUT2D eigenvalue weighted by molar-refractivity contribution is -0.144. The van der Waals surface area contributed by atoms with E-state index >= 15 is 0 Å². The summed E-state index contributed by atoms with van der Waals surface area (Å²) in [5.41, 5.74) is 17.8. The van der Waals surface area contributed by atoms with Crippen LogP contribution in [0.5, 0.6) is 0 Å². The molecule has 4 unspecified atom stereocenters. The highest BCUT2D eigenvalue weighted by molar-refractivity contribution is 7.80. The van der Waals surface area contributed by atoms with Crippen LogP contribution in [0.15, 0.2) is 30.5 Å². The molecule has 4 atom stereocenters. The maximum Gasteiger partial charge on any atom is 0.326 e. The van der Waals surface area contributed by atoms with E-state index in [0.29, 0.717) is 0 Å². The lowest BCUT2D eigenvalue weighted by Gasteiger charge is -2.23. The van der Waals surface area contributed by atoms with Crippen molar-refractivity contribution in [1.29, 1.82) is 0 Å². The third kappa shape index (κ3) is 8.50. The molecule has 11 N–H and O–H groups in total. The van der Waals surface area contributed by atoms with Crippen molar-refractivity contribution in [2.75, 3.05) is 5.75 Å². The Bertz CT molecular complexity index is 1190. The van der Waals surface area contributed by atoms with Crippen molar-refractivity contribution >= 4 is 59.0 Å². The van der Waals surface area contributed by atoms with Gasteiger partial charge < -0.3 is 43.2 Å². The van der Waals surface area contributed by atoms with Gasteiger partial charge in [0, 0.05) is 22.9 Å². The summed E-state index contributed by atoms with van der Waals surface area (Å²) in [5.74, 6) is -6.38. The molecule has 5 amide bonds. The maximum atomic E-state index is 12.8. The van der Waals surface area contributed by atoms with Gasteiger partial charge in [0.2, 0.25) is 29.5 Å². The number of carbonyl (C=O) groups excluding carboxylic acids is 5. The summed E-state index contributed by atoms with van der Waals surface area (Å²) >= 11 is 4.06. The SMILES string of the molecule is NC(=O)CC(NC(=O)C(CC(N)=O)NC(=O)C(CS)NC(=O)C(N)Cc1c[nH]c2ccccc12)C(=O)O. The third-order valence-electron chi connectivity index (χ3n) is 5.33. The Kier molecular flexibility index (Phi) is 10.4. The summed E-state index contributed by atoms with van der Waals surface area (Å²) in [4.78, 5) is 74.9. The van der Waals surface area contributed by atoms with Crippen LogP contribution in [-0.4, -0.2) is 75.5 Å². The van der Waals surface area contributed by atoms with Gasteiger partial charge in [-0.05, 0) is 18.1 Å². The fourth-order valence-corrected chi connectivity index (χ4v) is 3.72. The Morgan fingerprint density at radius 3 is 2.00 bits per heavy atom. The molecule has 14 nitrogen and oxygen atoms in total. The Morgan fingerprint density at radius 2 is 1.41 bits per heavy atom. The van der Waals surface area contributed by atoms with Gasteiger partial charge in [0.05, 0.1) is 18.9 Å². The monoisotopic (exact) mass is 535 g/mol. The second-order valence-corrected chi connectivity index (χ2v) is 8.58. The summed E-state index contributed by atoms with van der Waals surface area (Å²) in [7, 11) is 0. The van der Waals surface area contributed by atoms with Gasteiger partial charge in [-0.2, -0.15) is 12.6 Å². The highest BCUT2D eigenvalue weighted by Gasteiger charge is 2.31. The minimum atomic E-state index is -1.69. The molecule has 2 rings (SSSR count). The molecule has 1 heterocycles. The lowest BCUT2D eigenvalue weighted by atomic mass is 10.0. The number of fused-ring (bicyclic) bond motifs is 1. The van der Waals surface area contributed by atoms with Crippen molar-refractivity contribution in [2.45, 2.75) is 43.4 Å². The average Bonchev–Trinajstić information content (AvgIpc) is 3.23. The predicted octanol–water partition coefficient (Wildman–Crippen LogP) is -2.74. The van der Waals surface area contributed by atoms with Gasteiger partial charge in [-0.3, -0.25) is 24.0 Å². The molecule has 2 aromatic rings. The Morgan fingerprint density at radius 1 is 0.865 bits per heavy atom. The third-order valence-corrected chi connectivity index (χ3v) is 5.69. The minimum absolute atomic E-state index is 0.167. The second-order valence-electron chi connectivity index (χ2n) is 8.22. The first-order valence-electron chi connectivity index (χ1n) is 11.0. The highest BCUT2D eigenvalue weighted by Crippen LogP contribution is 2.18. The number of aromatic nitrogens is 1. The molecule has 200 valence electrons. The minimum Gasteiger partial charge on any atom is -0.480 e. The highest BCUT2D eigenvalue weighted by atomic mass is 32.1. The molecule has 0 saturated carbocycles. The molecule has 15 heteroatoms. The van der Waals surface area contributed by atoms with Crippen LogP contribution in [0.2, 0.25) is 0 Å². The number of H-pyrrole nitrogens is 1. The van der Waals surface area contributed by atoms with E-state index in [-0.39, 0.29) is 12.2 Å². The fraction of sp³-hybridized carbons (Fsp3) is 0.364. The molecule has 0 spiro atoms. The largest absolute Gasteiger partial charge is 0.480 e. The van der Waals surface area contributed by atoms with Crippen molar-refractivity contribution in [3.63, 3.8) is 0 Å². The molecule has 0 aliphatic carbocycles. The standard InChI is InChI=1S/C22H29N7O7S/c23-12(5-10-8-26-13-4-2-1-3-11(10)13)19(32)29-16(9-37)21(34)27-14(6-17(24)30)20(33)28-15(22(35)36)7-18(25)31/h1-4,8,12,14-16,26,37H,5-7,9,23H2,(H2,24,30)(H2,25,31)(H,27,34)(H,28,33)(H,29,32)(H,35,36). The molecule has 0 aliphatic rings. The number of benzene rings is 1. The zero-order valence-corrected chi connectivity index (χ0v) is 20.5. The normalized spacial score (nSPS) is 14.1. The molecule has 1 aromatic heterocycles. The number of carboxylic acid groups (broad SMARTS) is 1. The van der Waals surface area contributed by atoms with E-state index in [1.165, 1.54) is 0 Å². The fourth-order valence-electron chi connectivity index (χ4n) is 3.46. The summed E-state index contributed by atoms with van der Waals surface area (Å²) in [6, 6.07) is 1.88. The number of hydrogen-bond acceptors (Lipinski definition) is 8. The number of aromatic amines is 1. The van der Waals surface area contributed by atoms with Gasteiger partial charge in [-0.25, -0.2) is 4.79 Å². The summed E-state index contributed by atoms with van der Waals surface area (Å²) in [6.07, 6.45) is 0.492. The number of primary amides is 2. The van der Waals surface area contributed by atoms with Crippen molar-refractivity contribution in [3.05, 3.63) is 36.0 Å². The van der Waals surface area contributed by atoms with Gasteiger partial charge in [0.1, 0.15) is 18.1 Å². The zero-order valence-electron chi connectivity index (χ0n) is 19.6. The summed E-state index contributed by atoms with van der Waals surface area (Å²) in [5, 5.41) is 16.8. The number of carboxylic acids is 1. The van der Waals surface area contributed by atoms with Crippen LogP contribution >= 0.6 is 12.6 Å². The molecule has 0 aliphatic heterocycles. The molecule has 0 radical (unpaired) electrons. The van der Waals surface area contributed by atoms with Crippen molar-refractivity contribution in [3.8, 4) is 0 Å². The van der Waals surface area contributed by atoms with Crippen LogP contribution in [0.1, 0.15) is 18.4 Å². The molecular weight excluding hydrogens is 506 g/mol. The number of amides is 5. The van der Waals surface area contributed by atoms with Crippen molar-refractivity contribution < 1.29 is 33.9 Å². The van der Waals surface area contributed by atoms with E-state index in [1.54, 1.807) is 6.20 Å². The average molecular weight is 536 g/mol. The number of thiol groups is 1. The van der Waals surface area contributed by atoms with E-state index in [9.17, 15) is 33.9 Å². The predicted molar refractivity (Wildman–Crippen MR) is 135 cm³/mol. The van der Waals surface area contributed by atoms with Crippen LogP contribution in [0.4, 0.5) is 0 Å². The van der Waals surface area contributed by atoms with Crippen LogP contribution in [0, 0.1) is 0 Å². The molecule has 0 bridgehead atoms. The smallest absolute Gasteiger partial charge is 0.326 e. The zero-order chi connectivity index (χ0) is 27.7. The van der Waals surface area contributed by atoms with E-state index in [0.717, 1.165) is 16.5 Å². The van der Waals surface area contributed by atoms with Gasteiger partial charge in [0.25, 0.3) is 0 Å². The van der Waals surface area contributed by atoms with Crippen molar-refractivity contribution in [1.82, 2.24) is 20.9 Å². The van der Waals surface area contributed by atoms with Gasteiger partial charge in [0.15, 0.2) is 0 Å². The number of nitrogens with two attached hydrogens (primary N) is 3. The number of aliphatic carboxylic acids is 1.